The number of aromatic nitrogens is 2. The predicted molar refractivity (Wildman–Crippen MR) is 89.9 cm³/mol. The molecule has 0 bridgehead atoms. The molecule has 1 aromatic carbocycles. The summed E-state index contributed by atoms with van der Waals surface area (Å²) in [6.07, 6.45) is 5.46. The number of benzene rings is 1. The van der Waals surface area contributed by atoms with Crippen LogP contribution in [-0.4, -0.2) is 59.7 Å². The van der Waals surface area contributed by atoms with Crippen LogP contribution < -0.4 is 0 Å². The van der Waals surface area contributed by atoms with Gasteiger partial charge < -0.3 is 4.74 Å². The first-order valence-electron chi connectivity index (χ1n) is 8.03. The molecule has 0 amide bonds. The van der Waals surface area contributed by atoms with Gasteiger partial charge in [-0.15, -0.1) is 0 Å². The number of likely N-dealkylation sites (N-methyl/N-ethyl adjacent to an activating group) is 2. The fourth-order valence-corrected chi connectivity index (χ4v) is 3.23. The van der Waals surface area contributed by atoms with Crippen molar-refractivity contribution >= 4 is 0 Å². The van der Waals surface area contributed by atoms with Crippen molar-refractivity contribution in [3.63, 3.8) is 0 Å². The number of ether oxygens (including phenoxy) is 1. The van der Waals surface area contributed by atoms with Gasteiger partial charge in [-0.25, -0.2) is 9.97 Å². The molecule has 0 radical (unpaired) electrons. The number of hydrogen-bond donors (Lipinski definition) is 0. The zero-order valence-corrected chi connectivity index (χ0v) is 13.8. The van der Waals surface area contributed by atoms with E-state index >= 15 is 0 Å². The van der Waals surface area contributed by atoms with Gasteiger partial charge in [0.05, 0.1) is 18.8 Å². The average Bonchev–Trinajstić information content (AvgIpc) is 2.56. The number of morpholine rings is 1. The number of rotatable bonds is 5. The van der Waals surface area contributed by atoms with Gasteiger partial charge in [-0.1, -0.05) is 30.3 Å². The molecular weight excluding hydrogens is 288 g/mol. The molecule has 2 atom stereocenters. The van der Waals surface area contributed by atoms with Crippen LogP contribution in [0.4, 0.5) is 0 Å². The molecule has 0 aliphatic carbocycles. The minimum absolute atomic E-state index is 0.158. The molecule has 1 saturated heterocycles. The highest BCUT2D eigenvalue weighted by Gasteiger charge is 2.32. The van der Waals surface area contributed by atoms with Gasteiger partial charge in [0.15, 0.2) is 0 Å². The Morgan fingerprint density at radius 3 is 2.70 bits per heavy atom. The van der Waals surface area contributed by atoms with Crippen molar-refractivity contribution in [1.29, 1.82) is 0 Å². The summed E-state index contributed by atoms with van der Waals surface area (Å²) >= 11 is 0. The molecule has 2 aromatic rings. The van der Waals surface area contributed by atoms with E-state index in [0.717, 1.165) is 31.8 Å². The predicted octanol–water partition coefficient (Wildman–Crippen LogP) is 1.98. The first-order valence-corrected chi connectivity index (χ1v) is 8.03. The van der Waals surface area contributed by atoms with Crippen molar-refractivity contribution in [1.82, 2.24) is 19.8 Å². The molecule has 3 rings (SSSR count). The Kier molecular flexibility index (Phi) is 5.33. The molecule has 0 spiro atoms. The Hall–Kier alpha value is -1.82. The van der Waals surface area contributed by atoms with Crippen LogP contribution in [0.25, 0.3) is 0 Å². The van der Waals surface area contributed by atoms with Crippen molar-refractivity contribution in [3.05, 3.63) is 60.2 Å². The van der Waals surface area contributed by atoms with E-state index < -0.39 is 0 Å². The molecule has 1 aromatic heterocycles. The van der Waals surface area contributed by atoms with Crippen LogP contribution in [0.1, 0.15) is 17.2 Å². The summed E-state index contributed by atoms with van der Waals surface area (Å²) in [5, 5.41) is 0. The maximum atomic E-state index is 6.11. The number of nitrogens with zero attached hydrogens (tertiary/aromatic N) is 4. The van der Waals surface area contributed by atoms with Crippen molar-refractivity contribution in [2.75, 3.05) is 33.8 Å². The third-order valence-corrected chi connectivity index (χ3v) is 4.30. The lowest BCUT2D eigenvalue weighted by atomic mass is 9.98. The zero-order chi connectivity index (χ0) is 16.1. The molecule has 122 valence electrons. The van der Waals surface area contributed by atoms with Gasteiger partial charge in [-0.2, -0.15) is 0 Å². The van der Waals surface area contributed by atoms with Gasteiger partial charge in [0.2, 0.25) is 0 Å². The van der Waals surface area contributed by atoms with Gasteiger partial charge in [0.1, 0.15) is 6.33 Å². The van der Waals surface area contributed by atoms with Gasteiger partial charge in [-0.3, -0.25) is 9.80 Å². The molecule has 1 aliphatic heterocycles. The molecule has 2 heterocycles. The van der Waals surface area contributed by atoms with Gasteiger partial charge in [0, 0.05) is 37.6 Å². The normalized spacial score (nSPS) is 22.4. The molecule has 5 nitrogen and oxygen atoms in total. The highest BCUT2D eigenvalue weighted by Crippen LogP contribution is 2.28. The Labute approximate surface area is 137 Å². The van der Waals surface area contributed by atoms with E-state index in [2.05, 4.69) is 64.2 Å². The van der Waals surface area contributed by atoms with Gasteiger partial charge in [-0.05, 0) is 19.7 Å². The van der Waals surface area contributed by atoms with E-state index in [-0.39, 0.29) is 6.10 Å². The topological polar surface area (TPSA) is 41.5 Å². The first-order chi connectivity index (χ1) is 11.2. The van der Waals surface area contributed by atoms with Crippen molar-refractivity contribution < 1.29 is 4.74 Å². The van der Waals surface area contributed by atoms with E-state index in [4.69, 9.17) is 4.74 Å². The maximum absolute atomic E-state index is 6.11. The largest absolute Gasteiger partial charge is 0.374 e. The Bertz CT molecular complexity index is 592. The highest BCUT2D eigenvalue weighted by molar-refractivity contribution is 5.21. The Morgan fingerprint density at radius 2 is 1.96 bits per heavy atom. The lowest BCUT2D eigenvalue weighted by Gasteiger charge is -2.41. The van der Waals surface area contributed by atoms with Crippen LogP contribution >= 0.6 is 0 Å². The summed E-state index contributed by atoms with van der Waals surface area (Å²) in [6, 6.07) is 10.9. The van der Waals surface area contributed by atoms with E-state index in [1.807, 2.05) is 12.4 Å². The molecule has 0 saturated carbocycles. The van der Waals surface area contributed by atoms with Crippen molar-refractivity contribution in [2.45, 2.75) is 18.7 Å². The molecule has 1 aliphatic rings. The van der Waals surface area contributed by atoms with Crippen LogP contribution in [0.3, 0.4) is 0 Å². The smallest absolute Gasteiger partial charge is 0.115 e. The molecule has 0 N–H and O–H groups in total. The van der Waals surface area contributed by atoms with E-state index in [1.54, 1.807) is 6.33 Å². The maximum Gasteiger partial charge on any atom is 0.115 e. The fourth-order valence-electron chi connectivity index (χ4n) is 3.23. The summed E-state index contributed by atoms with van der Waals surface area (Å²) in [7, 11) is 4.30. The standard InChI is InChI=1S/C18H24N4O/c1-21(12-15-10-19-14-20-11-15)13-17-18(22(2)8-9-23-17)16-6-4-3-5-7-16/h3-7,10-11,14,17-18H,8-9,12-13H2,1-2H3/t17-,18-/m0/s1. The van der Waals surface area contributed by atoms with Crippen LogP contribution in [0.2, 0.25) is 0 Å². The third kappa shape index (κ3) is 4.13. The summed E-state index contributed by atoms with van der Waals surface area (Å²) in [6.45, 7) is 3.45. The third-order valence-electron chi connectivity index (χ3n) is 4.30. The average molecular weight is 312 g/mol. The summed E-state index contributed by atoms with van der Waals surface area (Å²) in [5.41, 5.74) is 2.44. The second-order valence-corrected chi connectivity index (χ2v) is 6.19. The zero-order valence-electron chi connectivity index (χ0n) is 13.8. The minimum atomic E-state index is 0.158. The second-order valence-electron chi connectivity index (χ2n) is 6.19. The van der Waals surface area contributed by atoms with Crippen LogP contribution in [0.15, 0.2) is 49.1 Å². The fraction of sp³-hybridized carbons (Fsp3) is 0.444. The molecule has 23 heavy (non-hydrogen) atoms. The van der Waals surface area contributed by atoms with Gasteiger partial charge in [0.25, 0.3) is 0 Å². The molecular formula is C18H24N4O. The summed E-state index contributed by atoms with van der Waals surface area (Å²) in [5.74, 6) is 0. The van der Waals surface area contributed by atoms with E-state index in [9.17, 15) is 0 Å². The summed E-state index contributed by atoms with van der Waals surface area (Å²) in [4.78, 5) is 12.8. The quantitative estimate of drug-likeness (QED) is 0.844. The lowest BCUT2D eigenvalue weighted by Crippen LogP contribution is -2.47. The highest BCUT2D eigenvalue weighted by atomic mass is 16.5. The van der Waals surface area contributed by atoms with Gasteiger partial charge >= 0.3 is 0 Å². The van der Waals surface area contributed by atoms with E-state index in [1.165, 1.54) is 5.56 Å². The summed E-state index contributed by atoms with van der Waals surface area (Å²) < 4.78 is 6.11. The minimum Gasteiger partial charge on any atom is -0.374 e. The van der Waals surface area contributed by atoms with Crippen molar-refractivity contribution in [2.24, 2.45) is 0 Å². The lowest BCUT2D eigenvalue weighted by molar-refractivity contribution is -0.0742. The molecule has 0 unspecified atom stereocenters. The number of hydrogen-bond acceptors (Lipinski definition) is 5. The first kappa shape index (κ1) is 16.1. The van der Waals surface area contributed by atoms with Crippen molar-refractivity contribution in [3.8, 4) is 0 Å². The Balaban J connectivity index is 1.69. The van der Waals surface area contributed by atoms with E-state index in [0.29, 0.717) is 6.04 Å². The van der Waals surface area contributed by atoms with Crippen LogP contribution in [0.5, 0.6) is 0 Å². The van der Waals surface area contributed by atoms with Crippen LogP contribution in [0, 0.1) is 0 Å². The Morgan fingerprint density at radius 1 is 1.22 bits per heavy atom. The second kappa shape index (κ2) is 7.64. The van der Waals surface area contributed by atoms with Crippen LogP contribution in [-0.2, 0) is 11.3 Å². The molecule has 5 heteroatoms. The SMILES string of the molecule is CN(Cc1cncnc1)C[C@@H]1OCCN(C)[C@H]1c1ccccc1. The molecule has 1 fully saturated rings. The monoisotopic (exact) mass is 312 g/mol.